The molecular weight excluding hydrogens is 446 g/mol. The van der Waals surface area contributed by atoms with Crippen LogP contribution in [-0.2, 0) is 20.9 Å². The summed E-state index contributed by atoms with van der Waals surface area (Å²) in [5, 5.41) is 11.2. The summed E-state index contributed by atoms with van der Waals surface area (Å²) in [6.07, 6.45) is 6.94. The van der Waals surface area contributed by atoms with E-state index in [9.17, 15) is 14.4 Å². The summed E-state index contributed by atoms with van der Waals surface area (Å²) in [5.41, 5.74) is 12.9. The number of carboxylic acid groups (broad SMARTS) is 1. The minimum Gasteiger partial charge on any atom is -0.480 e. The number of imide groups is 1. The third-order valence-electron chi connectivity index (χ3n) is 6.52. The first kappa shape index (κ1) is 26.8. The molecule has 0 bridgehead atoms. The van der Waals surface area contributed by atoms with Gasteiger partial charge in [-0.05, 0) is 23.8 Å². The second-order valence-electron chi connectivity index (χ2n) is 8.75. The third kappa shape index (κ3) is 7.52. The van der Waals surface area contributed by atoms with E-state index in [2.05, 4.69) is 15.2 Å². The molecule has 2 aliphatic rings. The minimum absolute atomic E-state index is 0. The van der Waals surface area contributed by atoms with Gasteiger partial charge in [-0.15, -0.1) is 12.4 Å². The van der Waals surface area contributed by atoms with Gasteiger partial charge in [0, 0.05) is 18.7 Å². The fourth-order valence-corrected chi connectivity index (χ4v) is 4.86. The molecule has 1 heterocycles. The molecule has 6 N–H and O–H groups in total. The Balaban J connectivity index is 0.00000385. The van der Waals surface area contributed by atoms with E-state index < -0.39 is 11.9 Å². The molecule has 3 rings (SSSR count). The van der Waals surface area contributed by atoms with E-state index in [0.29, 0.717) is 23.9 Å². The maximum absolute atomic E-state index is 12.8. The number of benzene rings is 1. The zero-order chi connectivity index (χ0) is 23.1. The Labute approximate surface area is 200 Å². The molecule has 2 atom stereocenters. The predicted molar refractivity (Wildman–Crippen MR) is 128 cm³/mol. The van der Waals surface area contributed by atoms with Crippen LogP contribution in [0, 0.1) is 11.8 Å². The highest BCUT2D eigenvalue weighted by Crippen LogP contribution is 2.38. The number of nitrogens with two attached hydrogens (primary N) is 2. The van der Waals surface area contributed by atoms with Crippen molar-refractivity contribution in [1.82, 2.24) is 10.2 Å². The molecule has 9 nitrogen and oxygen atoms in total. The number of nitrogens with zero attached hydrogens (tertiary/aromatic N) is 2. The van der Waals surface area contributed by atoms with Crippen LogP contribution in [0.3, 0.4) is 0 Å². The van der Waals surface area contributed by atoms with Crippen molar-refractivity contribution in [2.45, 2.75) is 51.1 Å². The second kappa shape index (κ2) is 12.7. The van der Waals surface area contributed by atoms with Crippen LogP contribution >= 0.6 is 12.4 Å². The van der Waals surface area contributed by atoms with Gasteiger partial charge in [-0.2, -0.15) is 0 Å². The number of carboxylic acids is 1. The van der Waals surface area contributed by atoms with Crippen molar-refractivity contribution < 1.29 is 19.5 Å². The Morgan fingerprint density at radius 1 is 1.09 bits per heavy atom. The van der Waals surface area contributed by atoms with Crippen molar-refractivity contribution in [2.75, 3.05) is 19.6 Å². The molecule has 1 saturated carbocycles. The van der Waals surface area contributed by atoms with Gasteiger partial charge in [-0.1, -0.05) is 56.4 Å². The molecule has 1 aromatic rings. The van der Waals surface area contributed by atoms with Crippen molar-refractivity contribution in [3.63, 3.8) is 0 Å². The molecule has 1 aliphatic heterocycles. The van der Waals surface area contributed by atoms with Crippen LogP contribution in [0.4, 0.5) is 0 Å². The lowest BCUT2D eigenvalue weighted by Gasteiger charge is -2.27. The average molecular weight is 480 g/mol. The summed E-state index contributed by atoms with van der Waals surface area (Å²) in [6, 6.07) is 7.06. The highest BCUT2D eigenvalue weighted by Gasteiger charge is 2.40. The summed E-state index contributed by atoms with van der Waals surface area (Å²) in [7, 11) is 0. The van der Waals surface area contributed by atoms with Gasteiger partial charge in [0.1, 0.15) is 12.4 Å². The number of carbonyl (C=O) groups is 3. The van der Waals surface area contributed by atoms with E-state index in [1.807, 2.05) is 12.1 Å². The summed E-state index contributed by atoms with van der Waals surface area (Å²) in [5.74, 6) is -0.533. The van der Waals surface area contributed by atoms with E-state index in [0.717, 1.165) is 18.5 Å². The Hall–Kier alpha value is -2.49. The number of likely N-dealkylation sites (tertiary alicyclic amines) is 1. The van der Waals surface area contributed by atoms with Gasteiger partial charge in [0.2, 0.25) is 11.8 Å². The number of carbonyl (C=O) groups excluding carboxylic acids is 2. The molecule has 33 heavy (non-hydrogen) atoms. The van der Waals surface area contributed by atoms with Crippen LogP contribution in [-0.4, -0.2) is 59.3 Å². The molecule has 2 amide bonds. The maximum atomic E-state index is 12.8. The van der Waals surface area contributed by atoms with Gasteiger partial charge in [0.05, 0.1) is 12.6 Å². The molecule has 2 fully saturated rings. The average Bonchev–Trinajstić information content (AvgIpc) is 3.22. The van der Waals surface area contributed by atoms with Gasteiger partial charge in [0.15, 0.2) is 0 Å². The number of amides is 2. The first-order valence-corrected chi connectivity index (χ1v) is 11.3. The molecule has 182 valence electrons. The maximum Gasteiger partial charge on any atom is 0.325 e. The predicted octanol–water partition coefficient (Wildman–Crippen LogP) is 1.27. The highest BCUT2D eigenvalue weighted by atomic mass is 35.5. The van der Waals surface area contributed by atoms with Crippen LogP contribution in [0.1, 0.15) is 49.7 Å². The van der Waals surface area contributed by atoms with E-state index in [4.69, 9.17) is 16.6 Å². The molecule has 1 unspecified atom stereocenters. The zero-order valence-electron chi connectivity index (χ0n) is 18.7. The first-order chi connectivity index (χ1) is 15.4. The summed E-state index contributed by atoms with van der Waals surface area (Å²) in [6.45, 7) is 0.813. The normalized spacial score (nSPS) is 21.9. The van der Waals surface area contributed by atoms with E-state index in [1.54, 1.807) is 12.1 Å². The molecule has 1 aromatic carbocycles. The van der Waals surface area contributed by atoms with Crippen LogP contribution < -0.4 is 16.8 Å². The van der Waals surface area contributed by atoms with E-state index >= 15 is 0 Å². The van der Waals surface area contributed by atoms with Crippen molar-refractivity contribution >= 4 is 36.0 Å². The second-order valence-corrected chi connectivity index (χ2v) is 8.75. The van der Waals surface area contributed by atoms with Crippen molar-refractivity contribution in [1.29, 1.82) is 0 Å². The fourth-order valence-electron chi connectivity index (χ4n) is 4.86. The van der Waals surface area contributed by atoms with Gasteiger partial charge < -0.3 is 16.6 Å². The monoisotopic (exact) mass is 479 g/mol. The van der Waals surface area contributed by atoms with Gasteiger partial charge in [-0.25, -0.2) is 0 Å². The molecule has 1 aliphatic carbocycles. The Morgan fingerprint density at radius 3 is 2.36 bits per heavy atom. The standard InChI is InChI=1S/C23H33N5O4.ClH/c24-11-20(29)27-23(32)19-10-18(16-4-2-1-3-5-16)14-28(19)13-15-6-8-17(9-7-15)22(25)26-12-21(30)31;/h6-9,16,18-19H,1-5,10-14,24H2,(H2,25,26)(H,30,31)(H,27,29,32);1H/t18?,19-;/m0./s1. The van der Waals surface area contributed by atoms with Crippen LogP contribution in [0.25, 0.3) is 0 Å². The van der Waals surface area contributed by atoms with Crippen molar-refractivity contribution in [2.24, 2.45) is 28.3 Å². The number of aliphatic imine (C=N–C) groups is 1. The Morgan fingerprint density at radius 2 is 1.76 bits per heavy atom. The smallest absolute Gasteiger partial charge is 0.325 e. The number of hydrogen-bond donors (Lipinski definition) is 4. The van der Waals surface area contributed by atoms with E-state index in [1.165, 1.54) is 32.1 Å². The van der Waals surface area contributed by atoms with Crippen LogP contribution in [0.2, 0.25) is 0 Å². The minimum atomic E-state index is -1.04. The topological polar surface area (TPSA) is 151 Å². The SMILES string of the molecule is Cl.NCC(=O)NC(=O)[C@@H]1CC(C2CCCCC2)CN1Cc1ccc(C(N)=NCC(=O)O)cc1. The summed E-state index contributed by atoms with van der Waals surface area (Å²) in [4.78, 5) is 41.2. The van der Waals surface area contributed by atoms with Crippen LogP contribution in [0.5, 0.6) is 0 Å². The quantitative estimate of drug-likeness (QED) is 0.323. The summed E-state index contributed by atoms with van der Waals surface area (Å²) >= 11 is 0. The van der Waals surface area contributed by atoms with Crippen LogP contribution in [0.15, 0.2) is 29.3 Å². The molecular formula is C23H34ClN5O4. The molecule has 1 saturated heterocycles. The van der Waals surface area contributed by atoms with E-state index in [-0.39, 0.29) is 43.3 Å². The van der Waals surface area contributed by atoms with Gasteiger partial charge in [0.25, 0.3) is 0 Å². The largest absolute Gasteiger partial charge is 0.480 e. The van der Waals surface area contributed by atoms with Crippen molar-refractivity contribution in [3.8, 4) is 0 Å². The molecule has 0 radical (unpaired) electrons. The molecule has 0 aromatic heterocycles. The Kier molecular flexibility index (Phi) is 10.3. The number of aliphatic carboxylic acids is 1. The lowest BCUT2D eigenvalue weighted by atomic mass is 9.79. The van der Waals surface area contributed by atoms with Crippen molar-refractivity contribution in [3.05, 3.63) is 35.4 Å². The highest BCUT2D eigenvalue weighted by molar-refractivity contribution is 5.99. The van der Waals surface area contributed by atoms with Gasteiger partial charge in [-0.3, -0.25) is 29.6 Å². The number of rotatable bonds is 8. The number of amidine groups is 1. The van der Waals surface area contributed by atoms with Gasteiger partial charge >= 0.3 is 5.97 Å². The number of hydrogen-bond acceptors (Lipinski definition) is 6. The molecule has 10 heteroatoms. The lowest BCUT2D eigenvalue weighted by Crippen LogP contribution is -2.46. The zero-order valence-corrected chi connectivity index (χ0v) is 19.6. The first-order valence-electron chi connectivity index (χ1n) is 11.3. The molecule has 0 spiro atoms. The Bertz CT molecular complexity index is 855. The summed E-state index contributed by atoms with van der Waals surface area (Å²) < 4.78 is 0. The third-order valence-corrected chi connectivity index (χ3v) is 6.52. The lowest BCUT2D eigenvalue weighted by molar-refractivity contribution is -0.135. The fraction of sp³-hybridized carbons (Fsp3) is 0.565. The number of halogens is 1. The number of nitrogens with one attached hydrogen (secondary N) is 1.